The van der Waals surface area contributed by atoms with Gasteiger partial charge in [0.2, 0.25) is 0 Å². The topological polar surface area (TPSA) is 60.5 Å². The van der Waals surface area contributed by atoms with Gasteiger partial charge in [-0.2, -0.15) is 0 Å². The molecule has 0 N–H and O–H groups in total. The van der Waals surface area contributed by atoms with E-state index in [9.17, 15) is 4.79 Å². The van der Waals surface area contributed by atoms with E-state index in [1.165, 1.54) is 16.7 Å². The van der Waals surface area contributed by atoms with Crippen LogP contribution in [0.15, 0.2) is 6.07 Å². The summed E-state index contributed by atoms with van der Waals surface area (Å²) in [6.07, 6.45) is 1.38. The zero-order valence-corrected chi connectivity index (χ0v) is 19.2. The normalized spacial score (nSPS) is 17.5. The number of rotatable bonds is 5. The largest absolute Gasteiger partial charge is 0.490 e. The summed E-state index contributed by atoms with van der Waals surface area (Å²) in [7, 11) is 3.42. The molecule has 7 heteroatoms. The van der Waals surface area contributed by atoms with Crippen LogP contribution in [0.25, 0.3) is 0 Å². The van der Waals surface area contributed by atoms with E-state index in [1.807, 2.05) is 25.7 Å². The Morgan fingerprint density at radius 3 is 2.60 bits per heavy atom. The molecule has 0 saturated carbocycles. The van der Waals surface area contributed by atoms with Gasteiger partial charge in [0.25, 0.3) is 0 Å². The summed E-state index contributed by atoms with van der Waals surface area (Å²) in [4.78, 5) is 16.7. The van der Waals surface area contributed by atoms with Crippen molar-refractivity contribution in [2.75, 3.05) is 58.5 Å². The second kappa shape index (κ2) is 9.43. The highest BCUT2D eigenvalue weighted by atomic mass is 16.6. The minimum Gasteiger partial charge on any atom is -0.490 e. The number of ether oxygens (including phenoxy) is 4. The van der Waals surface area contributed by atoms with Crippen LogP contribution in [0.4, 0.5) is 10.5 Å². The molecule has 2 heterocycles. The molecule has 0 spiro atoms. The highest BCUT2D eigenvalue weighted by Crippen LogP contribution is 2.40. The smallest absolute Gasteiger partial charge is 0.410 e. The summed E-state index contributed by atoms with van der Waals surface area (Å²) in [5, 5.41) is 0. The predicted molar refractivity (Wildman–Crippen MR) is 117 cm³/mol. The van der Waals surface area contributed by atoms with Gasteiger partial charge in [-0.1, -0.05) is 0 Å². The minimum atomic E-state index is -0.486. The number of methoxy groups -OCH3 is 2. The Morgan fingerprint density at radius 1 is 1.20 bits per heavy atom. The zero-order valence-electron chi connectivity index (χ0n) is 19.2. The average molecular weight is 421 g/mol. The van der Waals surface area contributed by atoms with Crippen molar-refractivity contribution < 1.29 is 23.7 Å². The fourth-order valence-corrected chi connectivity index (χ4v) is 4.27. The lowest BCUT2D eigenvalue weighted by Gasteiger charge is -2.36. The minimum absolute atomic E-state index is 0.00169. The van der Waals surface area contributed by atoms with Gasteiger partial charge in [0.05, 0.1) is 24.9 Å². The highest BCUT2D eigenvalue weighted by molar-refractivity contribution is 5.71. The maximum Gasteiger partial charge on any atom is 0.410 e. The van der Waals surface area contributed by atoms with Crippen LogP contribution in [0.1, 0.15) is 37.5 Å². The molecule has 1 atom stereocenters. The molecule has 7 nitrogen and oxygen atoms in total. The number of fused-ring (bicyclic) bond motifs is 2. The summed E-state index contributed by atoms with van der Waals surface area (Å²) in [5.41, 5.74) is 4.47. The number of carbonyl (C=O) groups is 1. The van der Waals surface area contributed by atoms with E-state index >= 15 is 0 Å². The summed E-state index contributed by atoms with van der Waals surface area (Å²) in [5.74, 6) is 0.926. The van der Waals surface area contributed by atoms with Gasteiger partial charge in [-0.25, -0.2) is 4.79 Å². The van der Waals surface area contributed by atoms with E-state index in [4.69, 9.17) is 18.9 Å². The molecule has 3 rings (SSSR count). The van der Waals surface area contributed by atoms with Crippen molar-refractivity contribution in [3.05, 3.63) is 22.8 Å². The molecular formula is C23H36N2O5. The van der Waals surface area contributed by atoms with Gasteiger partial charge in [0.1, 0.15) is 18.0 Å². The Balaban J connectivity index is 1.82. The van der Waals surface area contributed by atoms with E-state index in [0.29, 0.717) is 26.3 Å². The lowest BCUT2D eigenvalue weighted by molar-refractivity contribution is 0.0258. The molecule has 0 fully saturated rings. The Bertz CT molecular complexity index is 759. The Labute approximate surface area is 180 Å². The second-order valence-corrected chi connectivity index (χ2v) is 9.06. The van der Waals surface area contributed by atoms with Crippen LogP contribution in [0.3, 0.4) is 0 Å². The number of hydrogen-bond donors (Lipinski definition) is 0. The fraction of sp³-hybridized carbons (Fsp3) is 0.696. The van der Waals surface area contributed by atoms with Crippen molar-refractivity contribution in [2.24, 2.45) is 0 Å². The SMILES string of the molecule is COC[C@H](CN1CCOc2cc3c(c(C)c21)CCN(C(=O)OC(C)(C)C)CC3)OC. The van der Waals surface area contributed by atoms with Crippen LogP contribution in [0.5, 0.6) is 5.75 Å². The van der Waals surface area contributed by atoms with Crippen molar-refractivity contribution in [3.8, 4) is 5.75 Å². The molecule has 1 amide bonds. The van der Waals surface area contributed by atoms with Gasteiger partial charge >= 0.3 is 6.09 Å². The Morgan fingerprint density at radius 2 is 1.93 bits per heavy atom. The van der Waals surface area contributed by atoms with Crippen LogP contribution in [-0.2, 0) is 27.1 Å². The molecular weight excluding hydrogens is 384 g/mol. The van der Waals surface area contributed by atoms with E-state index in [-0.39, 0.29) is 12.2 Å². The van der Waals surface area contributed by atoms with Crippen LogP contribution < -0.4 is 9.64 Å². The number of carbonyl (C=O) groups excluding carboxylic acids is 1. The summed E-state index contributed by atoms with van der Waals surface area (Å²) in [6.45, 7) is 12.0. The summed E-state index contributed by atoms with van der Waals surface area (Å²) >= 11 is 0. The standard InChI is InChI=1S/C23H36N2O5/c1-16-19-8-10-24(22(26)30-23(2,3)4)9-7-17(19)13-20-21(16)25(11-12-29-20)14-18(28-6)15-27-5/h13,18H,7-12,14-15H2,1-6H3/t18-/m0/s1. The molecule has 1 aromatic rings. The molecule has 30 heavy (non-hydrogen) atoms. The highest BCUT2D eigenvalue weighted by Gasteiger charge is 2.29. The molecule has 1 aromatic carbocycles. The molecule has 168 valence electrons. The lowest BCUT2D eigenvalue weighted by atomic mass is 9.94. The van der Waals surface area contributed by atoms with Crippen molar-refractivity contribution in [1.29, 1.82) is 0 Å². The molecule has 2 aliphatic heterocycles. The molecule has 0 aliphatic carbocycles. The van der Waals surface area contributed by atoms with E-state index < -0.39 is 5.60 Å². The molecule has 0 radical (unpaired) electrons. The van der Waals surface area contributed by atoms with Crippen LogP contribution in [-0.4, -0.2) is 76.3 Å². The third-order valence-corrected chi connectivity index (χ3v) is 5.71. The number of nitrogens with zero attached hydrogens (tertiary/aromatic N) is 2. The molecule has 0 bridgehead atoms. The first-order valence-electron chi connectivity index (χ1n) is 10.8. The Kier molecular flexibility index (Phi) is 7.14. The maximum atomic E-state index is 12.6. The zero-order chi connectivity index (χ0) is 21.9. The quantitative estimate of drug-likeness (QED) is 0.729. The van der Waals surface area contributed by atoms with E-state index in [1.54, 1.807) is 14.2 Å². The fourth-order valence-electron chi connectivity index (χ4n) is 4.27. The molecule has 2 aliphatic rings. The van der Waals surface area contributed by atoms with Crippen LogP contribution in [0, 0.1) is 6.92 Å². The molecule has 0 saturated heterocycles. The van der Waals surface area contributed by atoms with Gasteiger partial charge < -0.3 is 28.7 Å². The summed E-state index contributed by atoms with van der Waals surface area (Å²) in [6, 6.07) is 2.17. The molecule has 0 unspecified atom stereocenters. The van der Waals surface area contributed by atoms with Crippen molar-refractivity contribution in [2.45, 2.75) is 52.2 Å². The first kappa shape index (κ1) is 22.7. The number of anilines is 1. The summed E-state index contributed by atoms with van der Waals surface area (Å²) < 4.78 is 22.5. The third-order valence-electron chi connectivity index (χ3n) is 5.71. The first-order valence-corrected chi connectivity index (χ1v) is 10.8. The predicted octanol–water partition coefficient (Wildman–Crippen LogP) is 3.19. The maximum absolute atomic E-state index is 12.6. The Hall–Kier alpha value is -1.99. The van der Waals surface area contributed by atoms with Gasteiger partial charge in [0, 0.05) is 33.9 Å². The number of amides is 1. The van der Waals surface area contributed by atoms with Gasteiger partial charge in [-0.15, -0.1) is 0 Å². The third kappa shape index (κ3) is 5.19. The van der Waals surface area contributed by atoms with Crippen LogP contribution in [0.2, 0.25) is 0 Å². The number of benzene rings is 1. The van der Waals surface area contributed by atoms with E-state index in [2.05, 4.69) is 17.9 Å². The van der Waals surface area contributed by atoms with Crippen LogP contribution >= 0.6 is 0 Å². The van der Waals surface area contributed by atoms with Crippen molar-refractivity contribution >= 4 is 11.8 Å². The first-order chi connectivity index (χ1) is 14.2. The van der Waals surface area contributed by atoms with Gasteiger partial charge in [0.15, 0.2) is 0 Å². The second-order valence-electron chi connectivity index (χ2n) is 9.06. The average Bonchev–Trinajstić information content (AvgIpc) is 2.89. The number of hydrogen-bond acceptors (Lipinski definition) is 6. The van der Waals surface area contributed by atoms with Crippen molar-refractivity contribution in [1.82, 2.24) is 4.90 Å². The van der Waals surface area contributed by atoms with Crippen molar-refractivity contribution in [3.63, 3.8) is 0 Å². The van der Waals surface area contributed by atoms with Gasteiger partial charge in [-0.05, 0) is 63.3 Å². The lowest BCUT2D eigenvalue weighted by Crippen LogP contribution is -2.41. The van der Waals surface area contributed by atoms with E-state index in [0.717, 1.165) is 37.4 Å². The monoisotopic (exact) mass is 420 g/mol. The molecule has 0 aromatic heterocycles. The van der Waals surface area contributed by atoms with Gasteiger partial charge in [-0.3, -0.25) is 0 Å².